The lowest BCUT2D eigenvalue weighted by molar-refractivity contribution is 0.145. The Morgan fingerprint density at radius 2 is 2.00 bits per heavy atom. The van der Waals surface area contributed by atoms with Crippen LogP contribution < -0.4 is 0 Å². The summed E-state index contributed by atoms with van der Waals surface area (Å²) in [4.78, 5) is 2.64. The van der Waals surface area contributed by atoms with Gasteiger partial charge in [0, 0.05) is 23.6 Å². The van der Waals surface area contributed by atoms with Crippen molar-refractivity contribution in [2.75, 3.05) is 13.1 Å². The summed E-state index contributed by atoms with van der Waals surface area (Å²) in [6, 6.07) is 10.9. The normalized spacial score (nSPS) is 28.2. The monoisotopic (exact) mass is 327 g/mol. The molecule has 86 valence electrons. The van der Waals surface area contributed by atoms with Crippen LogP contribution in [-0.4, -0.2) is 21.9 Å². The number of rotatable bonds is 2. The van der Waals surface area contributed by atoms with Crippen molar-refractivity contribution in [2.24, 2.45) is 5.41 Å². The van der Waals surface area contributed by atoms with Gasteiger partial charge in [-0.3, -0.25) is 4.90 Å². The summed E-state index contributed by atoms with van der Waals surface area (Å²) in [5.74, 6) is 0. The number of hydrogen-bond acceptors (Lipinski definition) is 1. The Kier molecular flexibility index (Phi) is 2.96. The van der Waals surface area contributed by atoms with Crippen molar-refractivity contribution in [1.29, 1.82) is 0 Å². The van der Waals surface area contributed by atoms with Crippen LogP contribution in [0.4, 0.5) is 0 Å². The Bertz CT molecular complexity index is 358. The van der Waals surface area contributed by atoms with Gasteiger partial charge in [0.05, 0.1) is 0 Å². The van der Waals surface area contributed by atoms with Gasteiger partial charge >= 0.3 is 0 Å². The molecule has 3 rings (SSSR count). The van der Waals surface area contributed by atoms with Crippen LogP contribution in [0.3, 0.4) is 0 Å². The number of halogens is 1. The van der Waals surface area contributed by atoms with Crippen molar-refractivity contribution >= 4 is 22.6 Å². The molecule has 1 aromatic carbocycles. The summed E-state index contributed by atoms with van der Waals surface area (Å²) < 4.78 is 0.877. The van der Waals surface area contributed by atoms with E-state index in [2.05, 4.69) is 57.8 Å². The van der Waals surface area contributed by atoms with Gasteiger partial charge in [0.1, 0.15) is 0 Å². The van der Waals surface area contributed by atoms with E-state index in [1.165, 1.54) is 37.9 Å². The fourth-order valence-electron chi connectivity index (χ4n) is 3.09. The maximum absolute atomic E-state index is 2.68. The van der Waals surface area contributed by atoms with Gasteiger partial charge in [0.15, 0.2) is 0 Å². The van der Waals surface area contributed by atoms with E-state index < -0.39 is 0 Å². The number of hydrogen-bond donors (Lipinski definition) is 0. The van der Waals surface area contributed by atoms with Crippen molar-refractivity contribution in [3.8, 4) is 0 Å². The second-order valence-corrected chi connectivity index (χ2v) is 6.84. The Morgan fingerprint density at radius 1 is 1.25 bits per heavy atom. The van der Waals surface area contributed by atoms with Crippen molar-refractivity contribution in [1.82, 2.24) is 4.90 Å². The molecule has 16 heavy (non-hydrogen) atoms. The zero-order valence-corrected chi connectivity index (χ0v) is 11.7. The van der Waals surface area contributed by atoms with Gasteiger partial charge in [-0.1, -0.05) is 59.3 Å². The lowest BCUT2D eigenvalue weighted by atomic mass is 9.68. The quantitative estimate of drug-likeness (QED) is 0.594. The zero-order chi connectivity index (χ0) is 11.0. The van der Waals surface area contributed by atoms with Crippen LogP contribution in [0.25, 0.3) is 0 Å². The molecule has 1 atom stereocenters. The van der Waals surface area contributed by atoms with E-state index in [4.69, 9.17) is 0 Å². The highest BCUT2D eigenvalue weighted by Crippen LogP contribution is 2.51. The molecule has 1 nitrogen and oxygen atoms in total. The first kappa shape index (κ1) is 11.0. The lowest BCUT2D eigenvalue weighted by Crippen LogP contribution is -2.37. The fourth-order valence-corrected chi connectivity index (χ4v) is 4.47. The van der Waals surface area contributed by atoms with E-state index in [0.717, 1.165) is 10.5 Å². The molecule has 0 amide bonds. The molecule has 1 aliphatic carbocycles. The molecule has 1 saturated carbocycles. The highest BCUT2D eigenvalue weighted by atomic mass is 127. The molecule has 1 aromatic rings. The fraction of sp³-hybridized carbons (Fsp3) is 0.571. The van der Waals surface area contributed by atoms with E-state index in [-0.39, 0.29) is 0 Å². The highest BCUT2D eigenvalue weighted by Gasteiger charge is 2.48. The van der Waals surface area contributed by atoms with Gasteiger partial charge in [-0.15, -0.1) is 0 Å². The third kappa shape index (κ3) is 1.90. The highest BCUT2D eigenvalue weighted by molar-refractivity contribution is 14.1. The molecule has 0 radical (unpaired) electrons. The number of nitrogens with zero attached hydrogens (tertiary/aromatic N) is 1. The van der Waals surface area contributed by atoms with Gasteiger partial charge in [-0.25, -0.2) is 0 Å². The van der Waals surface area contributed by atoms with Gasteiger partial charge in [-0.05, 0) is 23.8 Å². The van der Waals surface area contributed by atoms with Gasteiger partial charge < -0.3 is 0 Å². The Balaban J connectivity index is 1.66. The molecule has 0 N–H and O–H groups in total. The Morgan fingerprint density at radius 3 is 2.56 bits per heavy atom. The van der Waals surface area contributed by atoms with Crippen molar-refractivity contribution in [3.05, 3.63) is 35.9 Å². The summed E-state index contributed by atoms with van der Waals surface area (Å²) in [6.45, 7) is 3.76. The van der Waals surface area contributed by atoms with Crippen LogP contribution >= 0.6 is 22.6 Å². The van der Waals surface area contributed by atoms with Crippen molar-refractivity contribution in [3.63, 3.8) is 0 Å². The van der Waals surface area contributed by atoms with Crippen LogP contribution in [0.2, 0.25) is 0 Å². The Hall–Kier alpha value is -0.0900. The second kappa shape index (κ2) is 4.30. The summed E-state index contributed by atoms with van der Waals surface area (Å²) in [5, 5.41) is 0. The molecule has 1 aliphatic heterocycles. The average molecular weight is 327 g/mol. The molecule has 1 spiro atoms. The molecule has 0 aromatic heterocycles. The van der Waals surface area contributed by atoms with E-state index >= 15 is 0 Å². The minimum Gasteiger partial charge on any atom is -0.297 e. The maximum atomic E-state index is 2.68. The average Bonchev–Trinajstić information content (AvgIpc) is 2.56. The van der Waals surface area contributed by atoms with Gasteiger partial charge in [-0.2, -0.15) is 0 Å². The van der Waals surface area contributed by atoms with E-state index in [1.54, 1.807) is 0 Å². The van der Waals surface area contributed by atoms with Crippen LogP contribution in [0.15, 0.2) is 30.3 Å². The zero-order valence-electron chi connectivity index (χ0n) is 9.53. The number of alkyl halides is 1. The first-order valence-corrected chi connectivity index (χ1v) is 7.43. The molecule has 2 fully saturated rings. The minimum atomic E-state index is 0.690. The maximum Gasteiger partial charge on any atom is 0.0306 e. The number of likely N-dealkylation sites (tertiary alicyclic amines) is 1. The predicted molar refractivity (Wildman–Crippen MR) is 75.8 cm³/mol. The number of benzene rings is 1. The molecule has 0 unspecified atom stereocenters. The van der Waals surface area contributed by atoms with E-state index in [1.807, 2.05) is 0 Å². The van der Waals surface area contributed by atoms with Crippen LogP contribution in [0, 0.1) is 5.41 Å². The first-order chi connectivity index (χ1) is 7.78. The van der Waals surface area contributed by atoms with Crippen LogP contribution in [-0.2, 0) is 6.54 Å². The first-order valence-electron chi connectivity index (χ1n) is 6.19. The molecule has 1 saturated heterocycles. The molecule has 2 heteroatoms. The molecular weight excluding hydrogens is 309 g/mol. The van der Waals surface area contributed by atoms with Crippen molar-refractivity contribution in [2.45, 2.75) is 29.7 Å². The van der Waals surface area contributed by atoms with E-state index in [9.17, 15) is 0 Å². The van der Waals surface area contributed by atoms with E-state index in [0.29, 0.717) is 5.41 Å². The molecular formula is C14H18IN. The summed E-state index contributed by atoms with van der Waals surface area (Å²) in [5.41, 5.74) is 2.15. The van der Waals surface area contributed by atoms with Crippen molar-refractivity contribution < 1.29 is 0 Å². The van der Waals surface area contributed by atoms with Gasteiger partial charge in [0.2, 0.25) is 0 Å². The SMILES string of the molecule is I[C@H]1CN(Cc2ccccc2)CC12CCC2. The molecule has 1 heterocycles. The third-order valence-corrected chi connectivity index (χ3v) is 5.93. The smallest absolute Gasteiger partial charge is 0.0306 e. The lowest BCUT2D eigenvalue weighted by Gasteiger charge is -2.41. The topological polar surface area (TPSA) is 3.24 Å². The standard InChI is InChI=1S/C14H18IN/c15-13-10-16(11-14(13)7-4-8-14)9-12-5-2-1-3-6-12/h1-3,5-6,13H,4,7-11H2/t13-/m0/s1. The summed E-state index contributed by atoms with van der Waals surface area (Å²) in [6.07, 6.45) is 4.39. The van der Waals surface area contributed by atoms with Crippen LogP contribution in [0.1, 0.15) is 24.8 Å². The van der Waals surface area contributed by atoms with Gasteiger partial charge in [0.25, 0.3) is 0 Å². The molecule has 2 aliphatic rings. The second-order valence-electron chi connectivity index (χ2n) is 5.34. The molecule has 0 bridgehead atoms. The minimum absolute atomic E-state index is 0.690. The van der Waals surface area contributed by atoms with Crippen LogP contribution in [0.5, 0.6) is 0 Å². The largest absolute Gasteiger partial charge is 0.297 e. The third-order valence-electron chi connectivity index (χ3n) is 4.22. The predicted octanol–water partition coefficient (Wildman–Crippen LogP) is 3.48. The summed E-state index contributed by atoms with van der Waals surface area (Å²) >= 11 is 2.68. The summed E-state index contributed by atoms with van der Waals surface area (Å²) in [7, 11) is 0. The Labute approximate surface area is 111 Å².